The Morgan fingerprint density at radius 1 is 1.14 bits per heavy atom. The molecule has 0 spiro atoms. The lowest BCUT2D eigenvalue weighted by Gasteiger charge is -2.27. The van der Waals surface area contributed by atoms with Crippen LogP contribution in [-0.4, -0.2) is 15.5 Å². The molecule has 0 saturated carbocycles. The summed E-state index contributed by atoms with van der Waals surface area (Å²) in [5, 5.41) is 3.44. The summed E-state index contributed by atoms with van der Waals surface area (Å²) in [6.07, 6.45) is 3.47. The zero-order chi connectivity index (χ0) is 15.3. The van der Waals surface area contributed by atoms with Crippen LogP contribution in [-0.2, 0) is 6.42 Å². The number of nitrogens with two attached hydrogens (primary N) is 1. The fraction of sp³-hybridized carbons (Fsp3) is 0.333. The van der Waals surface area contributed by atoms with E-state index in [0.29, 0.717) is 5.82 Å². The Balaban J connectivity index is 2.03. The Hall–Kier alpha value is -1.66. The number of nitrogens with one attached hydrogen (secondary N) is 2. The van der Waals surface area contributed by atoms with Crippen molar-refractivity contribution in [3.63, 3.8) is 0 Å². The van der Waals surface area contributed by atoms with Gasteiger partial charge in [-0.05, 0) is 48.2 Å². The number of rotatable bonds is 6. The molecule has 0 aliphatic rings. The molecule has 2 aromatic rings. The summed E-state index contributed by atoms with van der Waals surface area (Å²) in [5.74, 6) is 6.71. The van der Waals surface area contributed by atoms with Crippen molar-refractivity contribution < 1.29 is 0 Å². The second-order valence-electron chi connectivity index (χ2n) is 5.52. The number of hydrogen-bond acceptors (Lipinski definition) is 5. The molecule has 1 aromatic carbocycles. The van der Waals surface area contributed by atoms with Crippen LogP contribution in [0.15, 0.2) is 41.1 Å². The first kappa shape index (κ1) is 15.7. The molecule has 0 unspecified atom stereocenters. The Bertz CT molecular complexity index is 586. The van der Waals surface area contributed by atoms with Gasteiger partial charge in [-0.25, -0.2) is 15.8 Å². The third-order valence-electron chi connectivity index (χ3n) is 3.26. The fourth-order valence-electron chi connectivity index (χ4n) is 2.04. The van der Waals surface area contributed by atoms with E-state index in [-0.39, 0.29) is 5.54 Å². The molecule has 21 heavy (non-hydrogen) atoms. The van der Waals surface area contributed by atoms with Gasteiger partial charge in [-0.1, -0.05) is 30.3 Å². The van der Waals surface area contributed by atoms with Crippen LogP contribution in [0.3, 0.4) is 0 Å². The van der Waals surface area contributed by atoms with Gasteiger partial charge in [0, 0.05) is 5.54 Å². The Morgan fingerprint density at radius 3 is 2.48 bits per heavy atom. The monoisotopic (exact) mass is 349 g/mol. The van der Waals surface area contributed by atoms with Gasteiger partial charge in [0.05, 0.1) is 0 Å². The standard InChI is InChI=1S/C15H20BrN5/c1-15(2,9-8-11-6-4-3-5-7-11)20-13-12(16)14(21-17)19-10-18-13/h3-7,10H,8-9,17H2,1-2H3,(H2,18,19,20,21). The SMILES string of the molecule is CC(C)(CCc1ccccc1)Nc1ncnc(NN)c1Br. The smallest absolute Gasteiger partial charge is 0.159 e. The van der Waals surface area contributed by atoms with Crippen LogP contribution in [0.25, 0.3) is 0 Å². The third-order valence-corrected chi connectivity index (χ3v) is 4.02. The van der Waals surface area contributed by atoms with E-state index in [0.717, 1.165) is 23.1 Å². The van der Waals surface area contributed by atoms with Gasteiger partial charge < -0.3 is 10.7 Å². The van der Waals surface area contributed by atoms with Crippen molar-refractivity contribution in [3.8, 4) is 0 Å². The lowest BCUT2D eigenvalue weighted by molar-refractivity contribution is 0.516. The largest absolute Gasteiger partial charge is 0.364 e. The fourth-order valence-corrected chi connectivity index (χ4v) is 2.46. The molecule has 0 bridgehead atoms. The first-order chi connectivity index (χ1) is 10.0. The highest BCUT2D eigenvalue weighted by molar-refractivity contribution is 9.10. The molecular formula is C15H20BrN5. The molecular weight excluding hydrogens is 330 g/mol. The summed E-state index contributed by atoms with van der Waals surface area (Å²) in [7, 11) is 0. The van der Waals surface area contributed by atoms with Crippen molar-refractivity contribution in [3.05, 3.63) is 46.7 Å². The van der Waals surface area contributed by atoms with Crippen molar-refractivity contribution in [1.82, 2.24) is 9.97 Å². The molecule has 0 fully saturated rings. The predicted molar refractivity (Wildman–Crippen MR) is 90.0 cm³/mol. The van der Waals surface area contributed by atoms with Crippen LogP contribution in [0.4, 0.5) is 11.6 Å². The van der Waals surface area contributed by atoms with Crippen molar-refractivity contribution in [2.24, 2.45) is 5.84 Å². The van der Waals surface area contributed by atoms with Gasteiger partial charge in [-0.3, -0.25) is 0 Å². The molecule has 2 rings (SSSR count). The van der Waals surface area contributed by atoms with E-state index in [9.17, 15) is 0 Å². The number of hydrazine groups is 1. The predicted octanol–water partition coefficient (Wildman–Crippen LogP) is 3.35. The lowest BCUT2D eigenvalue weighted by Crippen LogP contribution is -2.32. The molecule has 1 heterocycles. The van der Waals surface area contributed by atoms with Gasteiger partial charge in [0.1, 0.15) is 16.6 Å². The van der Waals surface area contributed by atoms with Gasteiger partial charge in [0.15, 0.2) is 5.82 Å². The number of nitrogen functional groups attached to an aromatic ring is 1. The highest BCUT2D eigenvalue weighted by Gasteiger charge is 2.20. The maximum atomic E-state index is 5.42. The highest BCUT2D eigenvalue weighted by Crippen LogP contribution is 2.29. The van der Waals surface area contributed by atoms with Gasteiger partial charge in [0.25, 0.3) is 0 Å². The quantitative estimate of drug-likeness (QED) is 0.550. The molecule has 0 aliphatic heterocycles. The van der Waals surface area contributed by atoms with Crippen molar-refractivity contribution >= 4 is 27.6 Å². The minimum absolute atomic E-state index is 0.0986. The summed E-state index contributed by atoms with van der Waals surface area (Å²) < 4.78 is 0.736. The van der Waals surface area contributed by atoms with Crippen LogP contribution in [0.2, 0.25) is 0 Å². The van der Waals surface area contributed by atoms with Gasteiger partial charge in [-0.15, -0.1) is 0 Å². The first-order valence-electron chi connectivity index (χ1n) is 6.81. The molecule has 112 valence electrons. The topological polar surface area (TPSA) is 75.9 Å². The Kier molecular flexibility index (Phi) is 5.14. The maximum Gasteiger partial charge on any atom is 0.159 e. The van der Waals surface area contributed by atoms with E-state index in [4.69, 9.17) is 5.84 Å². The molecule has 6 heteroatoms. The molecule has 0 amide bonds. The van der Waals surface area contributed by atoms with Gasteiger partial charge >= 0.3 is 0 Å². The Morgan fingerprint density at radius 2 is 1.81 bits per heavy atom. The number of aromatic nitrogens is 2. The summed E-state index contributed by atoms with van der Waals surface area (Å²) in [4.78, 5) is 8.31. The van der Waals surface area contributed by atoms with E-state index < -0.39 is 0 Å². The molecule has 0 aliphatic carbocycles. The summed E-state index contributed by atoms with van der Waals surface area (Å²) >= 11 is 3.46. The van der Waals surface area contributed by atoms with Crippen molar-refractivity contribution in [2.75, 3.05) is 10.7 Å². The third kappa shape index (κ3) is 4.41. The van der Waals surface area contributed by atoms with Crippen molar-refractivity contribution in [1.29, 1.82) is 0 Å². The van der Waals surface area contributed by atoms with E-state index in [1.807, 2.05) is 6.07 Å². The van der Waals surface area contributed by atoms with Crippen LogP contribution < -0.4 is 16.6 Å². The minimum Gasteiger partial charge on any atom is -0.364 e. The summed E-state index contributed by atoms with van der Waals surface area (Å²) in [6.45, 7) is 4.31. The van der Waals surface area contributed by atoms with Crippen LogP contribution in [0, 0.1) is 0 Å². The van der Waals surface area contributed by atoms with Crippen LogP contribution in [0.1, 0.15) is 25.8 Å². The van der Waals surface area contributed by atoms with Gasteiger partial charge in [-0.2, -0.15) is 0 Å². The second-order valence-corrected chi connectivity index (χ2v) is 6.32. The average molecular weight is 350 g/mol. The minimum atomic E-state index is -0.0986. The number of anilines is 2. The van der Waals surface area contributed by atoms with E-state index in [1.54, 1.807) is 0 Å². The average Bonchev–Trinajstić information content (AvgIpc) is 2.48. The molecule has 0 atom stereocenters. The summed E-state index contributed by atoms with van der Waals surface area (Å²) in [6, 6.07) is 10.5. The summed E-state index contributed by atoms with van der Waals surface area (Å²) in [5.41, 5.74) is 3.77. The van der Waals surface area contributed by atoms with Crippen LogP contribution in [0.5, 0.6) is 0 Å². The number of benzene rings is 1. The molecule has 0 saturated heterocycles. The first-order valence-corrected chi connectivity index (χ1v) is 7.60. The van der Waals surface area contributed by atoms with Crippen LogP contribution >= 0.6 is 15.9 Å². The number of nitrogens with zero attached hydrogens (tertiary/aromatic N) is 2. The van der Waals surface area contributed by atoms with E-state index >= 15 is 0 Å². The molecule has 0 radical (unpaired) electrons. The molecule has 1 aromatic heterocycles. The Labute approximate surface area is 133 Å². The highest BCUT2D eigenvalue weighted by atomic mass is 79.9. The number of hydrogen-bond donors (Lipinski definition) is 3. The second kappa shape index (κ2) is 6.87. The number of aryl methyl sites for hydroxylation is 1. The maximum absolute atomic E-state index is 5.42. The van der Waals surface area contributed by atoms with Gasteiger partial charge in [0.2, 0.25) is 0 Å². The lowest BCUT2D eigenvalue weighted by atomic mass is 9.95. The van der Waals surface area contributed by atoms with E-state index in [2.05, 4.69) is 74.8 Å². The van der Waals surface area contributed by atoms with Crippen molar-refractivity contribution in [2.45, 2.75) is 32.2 Å². The molecule has 5 nitrogen and oxygen atoms in total. The normalized spacial score (nSPS) is 11.2. The van der Waals surface area contributed by atoms with E-state index in [1.165, 1.54) is 11.9 Å². The zero-order valence-electron chi connectivity index (χ0n) is 12.2. The number of halogens is 1. The zero-order valence-corrected chi connectivity index (χ0v) is 13.8. The molecule has 4 N–H and O–H groups in total.